The van der Waals surface area contributed by atoms with Crippen LogP contribution in [0.1, 0.15) is 35.1 Å². The smallest absolute Gasteiger partial charge is 0.0154 e. The van der Waals surface area contributed by atoms with Gasteiger partial charge in [-0.2, -0.15) is 0 Å². The Balaban J connectivity index is 2.01. The van der Waals surface area contributed by atoms with Gasteiger partial charge in [0.05, 0.1) is 0 Å². The van der Waals surface area contributed by atoms with E-state index in [4.69, 9.17) is 5.73 Å². The second kappa shape index (κ2) is 6.17. The lowest BCUT2D eigenvalue weighted by Crippen LogP contribution is -2.28. The molecule has 1 aromatic carbocycles. The SMILES string of the molecule is CCc1ccc(CC(N)C(C)c2ccccc2)s1. The zero-order valence-corrected chi connectivity index (χ0v) is 11.9. The van der Waals surface area contributed by atoms with E-state index in [1.165, 1.54) is 15.3 Å². The molecule has 0 radical (unpaired) electrons. The normalized spacial score (nSPS) is 14.4. The van der Waals surface area contributed by atoms with E-state index >= 15 is 0 Å². The second-order valence-electron chi connectivity index (χ2n) is 4.79. The number of hydrogen-bond donors (Lipinski definition) is 1. The Morgan fingerprint density at radius 1 is 1.06 bits per heavy atom. The van der Waals surface area contributed by atoms with E-state index in [-0.39, 0.29) is 6.04 Å². The molecule has 0 amide bonds. The summed E-state index contributed by atoms with van der Waals surface area (Å²) in [5.74, 6) is 0.401. The molecule has 1 aromatic heterocycles. The van der Waals surface area contributed by atoms with Crippen LogP contribution in [-0.2, 0) is 12.8 Å². The third kappa shape index (κ3) is 3.21. The van der Waals surface area contributed by atoms with Crippen LogP contribution in [0.5, 0.6) is 0 Å². The highest BCUT2D eigenvalue weighted by atomic mass is 32.1. The predicted molar refractivity (Wildman–Crippen MR) is 80.2 cm³/mol. The third-order valence-corrected chi connectivity index (χ3v) is 4.72. The fraction of sp³-hybridized carbons (Fsp3) is 0.375. The zero-order chi connectivity index (χ0) is 13.0. The van der Waals surface area contributed by atoms with Crippen molar-refractivity contribution in [2.75, 3.05) is 0 Å². The Hall–Kier alpha value is -1.12. The van der Waals surface area contributed by atoms with Gasteiger partial charge in [0.25, 0.3) is 0 Å². The molecule has 2 heteroatoms. The average molecular weight is 259 g/mol. The molecule has 96 valence electrons. The summed E-state index contributed by atoms with van der Waals surface area (Å²) in [6, 6.07) is 15.2. The monoisotopic (exact) mass is 259 g/mol. The maximum Gasteiger partial charge on any atom is 0.0154 e. The molecule has 0 spiro atoms. The first-order valence-electron chi connectivity index (χ1n) is 6.58. The summed E-state index contributed by atoms with van der Waals surface area (Å²) >= 11 is 1.89. The van der Waals surface area contributed by atoms with Gasteiger partial charge < -0.3 is 5.73 Å². The molecule has 0 saturated carbocycles. The number of benzene rings is 1. The summed E-state index contributed by atoms with van der Waals surface area (Å²) in [7, 11) is 0. The van der Waals surface area contributed by atoms with E-state index in [0.717, 1.165) is 12.8 Å². The van der Waals surface area contributed by atoms with E-state index in [1.807, 2.05) is 11.3 Å². The lowest BCUT2D eigenvalue weighted by atomic mass is 9.91. The molecule has 18 heavy (non-hydrogen) atoms. The van der Waals surface area contributed by atoms with Crippen LogP contribution >= 0.6 is 11.3 Å². The number of aryl methyl sites for hydroxylation is 1. The van der Waals surface area contributed by atoms with Crippen LogP contribution < -0.4 is 5.73 Å². The molecular weight excluding hydrogens is 238 g/mol. The maximum absolute atomic E-state index is 6.34. The largest absolute Gasteiger partial charge is 0.327 e. The van der Waals surface area contributed by atoms with Gasteiger partial charge >= 0.3 is 0 Å². The van der Waals surface area contributed by atoms with Crippen LogP contribution in [0.4, 0.5) is 0 Å². The van der Waals surface area contributed by atoms with Crippen molar-refractivity contribution in [3.63, 3.8) is 0 Å². The summed E-state index contributed by atoms with van der Waals surface area (Å²) in [5.41, 5.74) is 7.67. The molecule has 2 rings (SSSR count). The number of rotatable bonds is 5. The quantitative estimate of drug-likeness (QED) is 0.863. The number of thiophene rings is 1. The van der Waals surface area contributed by atoms with Gasteiger partial charge in [-0.25, -0.2) is 0 Å². The molecule has 2 N–H and O–H groups in total. The first kappa shape index (κ1) is 13.3. The Labute approximate surface area is 114 Å². The molecule has 0 aliphatic heterocycles. The van der Waals surface area contributed by atoms with Gasteiger partial charge in [0.15, 0.2) is 0 Å². The summed E-state index contributed by atoms with van der Waals surface area (Å²) in [6.07, 6.45) is 2.09. The van der Waals surface area contributed by atoms with Crippen molar-refractivity contribution >= 4 is 11.3 Å². The minimum absolute atomic E-state index is 0.191. The zero-order valence-electron chi connectivity index (χ0n) is 11.1. The second-order valence-corrected chi connectivity index (χ2v) is 6.04. The molecule has 2 atom stereocenters. The van der Waals surface area contributed by atoms with Crippen molar-refractivity contribution in [2.45, 2.75) is 38.6 Å². The number of hydrogen-bond acceptors (Lipinski definition) is 2. The fourth-order valence-corrected chi connectivity index (χ4v) is 3.16. The fourth-order valence-electron chi connectivity index (χ4n) is 2.13. The molecule has 1 nitrogen and oxygen atoms in total. The highest BCUT2D eigenvalue weighted by molar-refractivity contribution is 7.11. The minimum Gasteiger partial charge on any atom is -0.327 e. The Kier molecular flexibility index (Phi) is 4.56. The van der Waals surface area contributed by atoms with Crippen molar-refractivity contribution in [2.24, 2.45) is 5.73 Å². The van der Waals surface area contributed by atoms with Gasteiger partial charge in [-0.05, 0) is 36.5 Å². The summed E-state index contributed by atoms with van der Waals surface area (Å²) in [6.45, 7) is 4.41. The molecule has 2 unspecified atom stereocenters. The molecule has 1 heterocycles. The highest BCUT2D eigenvalue weighted by Crippen LogP contribution is 2.24. The number of nitrogens with two attached hydrogens (primary N) is 1. The van der Waals surface area contributed by atoms with Crippen LogP contribution in [0, 0.1) is 0 Å². The molecule has 2 aromatic rings. The van der Waals surface area contributed by atoms with Crippen LogP contribution in [0.2, 0.25) is 0 Å². The lowest BCUT2D eigenvalue weighted by Gasteiger charge is -2.19. The van der Waals surface area contributed by atoms with Gasteiger partial charge in [-0.3, -0.25) is 0 Å². The molecule has 0 saturated heterocycles. The molecular formula is C16H21NS. The Morgan fingerprint density at radius 3 is 2.33 bits per heavy atom. The van der Waals surface area contributed by atoms with E-state index in [2.05, 4.69) is 56.3 Å². The van der Waals surface area contributed by atoms with E-state index in [0.29, 0.717) is 5.92 Å². The topological polar surface area (TPSA) is 26.0 Å². The van der Waals surface area contributed by atoms with Gasteiger partial charge in [0.2, 0.25) is 0 Å². The third-order valence-electron chi connectivity index (χ3n) is 3.47. The van der Waals surface area contributed by atoms with E-state index in [9.17, 15) is 0 Å². The van der Waals surface area contributed by atoms with Crippen LogP contribution in [-0.4, -0.2) is 6.04 Å². The van der Waals surface area contributed by atoms with E-state index in [1.54, 1.807) is 0 Å². The van der Waals surface area contributed by atoms with Gasteiger partial charge in [0.1, 0.15) is 0 Å². The minimum atomic E-state index is 0.191. The van der Waals surface area contributed by atoms with Crippen molar-refractivity contribution < 1.29 is 0 Å². The summed E-state index contributed by atoms with van der Waals surface area (Å²) in [4.78, 5) is 2.85. The first-order valence-corrected chi connectivity index (χ1v) is 7.40. The Bertz CT molecular complexity index is 475. The summed E-state index contributed by atoms with van der Waals surface area (Å²) < 4.78 is 0. The molecule has 0 bridgehead atoms. The summed E-state index contributed by atoms with van der Waals surface area (Å²) in [5, 5.41) is 0. The van der Waals surface area contributed by atoms with Gasteiger partial charge in [-0.15, -0.1) is 11.3 Å². The van der Waals surface area contributed by atoms with Crippen molar-refractivity contribution in [1.29, 1.82) is 0 Å². The van der Waals surface area contributed by atoms with Gasteiger partial charge in [0, 0.05) is 15.8 Å². The average Bonchev–Trinajstić information content (AvgIpc) is 2.86. The molecule has 0 aliphatic carbocycles. The molecule has 0 aliphatic rings. The van der Waals surface area contributed by atoms with Crippen molar-refractivity contribution in [1.82, 2.24) is 0 Å². The van der Waals surface area contributed by atoms with E-state index < -0.39 is 0 Å². The van der Waals surface area contributed by atoms with Crippen molar-refractivity contribution in [3.8, 4) is 0 Å². The molecule has 0 fully saturated rings. The van der Waals surface area contributed by atoms with Gasteiger partial charge in [-0.1, -0.05) is 44.2 Å². The Morgan fingerprint density at radius 2 is 1.72 bits per heavy atom. The lowest BCUT2D eigenvalue weighted by molar-refractivity contribution is 0.567. The van der Waals surface area contributed by atoms with Crippen molar-refractivity contribution in [3.05, 3.63) is 57.8 Å². The van der Waals surface area contributed by atoms with Crippen LogP contribution in [0.15, 0.2) is 42.5 Å². The van der Waals surface area contributed by atoms with Crippen LogP contribution in [0.25, 0.3) is 0 Å². The maximum atomic E-state index is 6.34. The highest BCUT2D eigenvalue weighted by Gasteiger charge is 2.15. The standard InChI is InChI=1S/C16H21NS/c1-3-14-9-10-15(18-14)11-16(17)12(2)13-7-5-4-6-8-13/h4-10,12,16H,3,11,17H2,1-2H3. The van der Waals surface area contributed by atoms with Crippen LogP contribution in [0.3, 0.4) is 0 Å². The first-order chi connectivity index (χ1) is 8.70. The predicted octanol–water partition coefficient (Wildman–Crippen LogP) is 3.98.